The third kappa shape index (κ3) is 1.97. The van der Waals surface area contributed by atoms with Crippen LogP contribution in [0.4, 0.5) is 0 Å². The van der Waals surface area contributed by atoms with Gasteiger partial charge in [0.05, 0.1) is 0 Å². The van der Waals surface area contributed by atoms with Crippen molar-refractivity contribution in [1.82, 2.24) is 0 Å². The van der Waals surface area contributed by atoms with Crippen LogP contribution in [0.15, 0.2) is 72.8 Å². The van der Waals surface area contributed by atoms with Crippen molar-refractivity contribution in [2.45, 2.75) is 6.42 Å². The summed E-state index contributed by atoms with van der Waals surface area (Å²) in [5.41, 5.74) is 7.15. The molecule has 2 nitrogen and oxygen atoms in total. The molecule has 2 aliphatic rings. The molecule has 25 heavy (non-hydrogen) atoms. The van der Waals surface area contributed by atoms with Crippen LogP contribution in [0.2, 0.25) is 0 Å². The molecule has 2 aliphatic carbocycles. The fourth-order valence-corrected chi connectivity index (χ4v) is 3.93. The lowest BCUT2D eigenvalue weighted by Crippen LogP contribution is -2.16. The minimum Gasteiger partial charge on any atom is -0.289 e. The van der Waals surface area contributed by atoms with Gasteiger partial charge in [0.15, 0.2) is 11.6 Å². The number of ketones is 2. The summed E-state index contributed by atoms with van der Waals surface area (Å²) in [7, 11) is 0. The van der Waals surface area contributed by atoms with Crippen molar-refractivity contribution in [2.24, 2.45) is 0 Å². The van der Waals surface area contributed by atoms with Gasteiger partial charge in [-0.3, -0.25) is 9.59 Å². The number of carbonyl (C=O) groups is 2. The van der Waals surface area contributed by atoms with Gasteiger partial charge in [0.2, 0.25) is 0 Å². The highest BCUT2D eigenvalue weighted by Gasteiger charge is 2.29. The van der Waals surface area contributed by atoms with E-state index in [1.807, 2.05) is 24.3 Å². The van der Waals surface area contributed by atoms with Crippen LogP contribution in [-0.4, -0.2) is 11.6 Å². The smallest absolute Gasteiger partial charge is 0.194 e. The molecule has 0 amide bonds. The van der Waals surface area contributed by atoms with Crippen molar-refractivity contribution in [1.29, 1.82) is 0 Å². The van der Waals surface area contributed by atoms with Crippen LogP contribution in [-0.2, 0) is 6.42 Å². The number of carbonyl (C=O) groups excluding carboxylic acids is 2. The number of hydrogen-bond donors (Lipinski definition) is 0. The Morgan fingerprint density at radius 1 is 0.600 bits per heavy atom. The predicted molar refractivity (Wildman–Crippen MR) is 97.8 cm³/mol. The topological polar surface area (TPSA) is 34.1 Å². The number of fused-ring (bicyclic) bond motifs is 4. The van der Waals surface area contributed by atoms with E-state index in [2.05, 4.69) is 18.2 Å². The molecule has 0 unspecified atom stereocenters. The zero-order valence-corrected chi connectivity index (χ0v) is 13.5. The number of rotatable bonds is 1. The standard InChI is InChI=1S/C23H14O2/c24-22-13-21(23(25)19-9-4-3-8-18(19)22)17-11-5-10-16-15-7-2-1-6-14(15)12-20(16)17/h1-11,13H,12H2. The van der Waals surface area contributed by atoms with Crippen molar-refractivity contribution in [3.05, 3.63) is 101 Å². The first-order chi connectivity index (χ1) is 12.2. The average molecular weight is 322 g/mol. The largest absolute Gasteiger partial charge is 0.289 e. The molecule has 0 spiro atoms. The van der Waals surface area contributed by atoms with Crippen LogP contribution >= 0.6 is 0 Å². The molecule has 0 N–H and O–H groups in total. The molecule has 0 saturated carbocycles. The Balaban J connectivity index is 1.70. The minimum atomic E-state index is -0.0988. The molecule has 118 valence electrons. The normalized spacial score (nSPS) is 14.6. The van der Waals surface area contributed by atoms with Crippen molar-refractivity contribution in [2.75, 3.05) is 0 Å². The van der Waals surface area contributed by atoms with Crippen LogP contribution in [0.5, 0.6) is 0 Å². The molecule has 3 aromatic rings. The van der Waals surface area contributed by atoms with E-state index in [4.69, 9.17) is 0 Å². The van der Waals surface area contributed by atoms with E-state index >= 15 is 0 Å². The maximum atomic E-state index is 13.0. The van der Waals surface area contributed by atoms with E-state index in [-0.39, 0.29) is 11.6 Å². The van der Waals surface area contributed by atoms with Gasteiger partial charge < -0.3 is 0 Å². The zero-order valence-electron chi connectivity index (χ0n) is 13.5. The predicted octanol–water partition coefficient (Wildman–Crippen LogP) is 4.72. The molecule has 0 aromatic heterocycles. The maximum absolute atomic E-state index is 13.0. The molecular weight excluding hydrogens is 308 g/mol. The summed E-state index contributed by atoms with van der Waals surface area (Å²) >= 11 is 0. The highest BCUT2D eigenvalue weighted by molar-refractivity contribution is 6.39. The van der Waals surface area contributed by atoms with Crippen LogP contribution < -0.4 is 0 Å². The average Bonchev–Trinajstić information content (AvgIpc) is 3.04. The second-order valence-corrected chi connectivity index (χ2v) is 6.46. The van der Waals surface area contributed by atoms with Crippen molar-refractivity contribution < 1.29 is 9.59 Å². The highest BCUT2D eigenvalue weighted by Crippen LogP contribution is 2.41. The lowest BCUT2D eigenvalue weighted by Gasteiger charge is -2.17. The molecule has 0 radical (unpaired) electrons. The summed E-state index contributed by atoms with van der Waals surface area (Å²) in [6, 6.07) is 21.4. The third-order valence-corrected chi connectivity index (χ3v) is 5.10. The quantitative estimate of drug-likeness (QED) is 0.508. The summed E-state index contributed by atoms with van der Waals surface area (Å²) < 4.78 is 0. The van der Waals surface area contributed by atoms with Gasteiger partial charge in [0.25, 0.3) is 0 Å². The number of hydrogen-bond acceptors (Lipinski definition) is 2. The molecule has 5 rings (SSSR count). The molecule has 0 atom stereocenters. The molecule has 2 heteroatoms. The summed E-state index contributed by atoms with van der Waals surface area (Å²) in [6.07, 6.45) is 2.30. The Kier molecular flexibility index (Phi) is 2.89. The summed E-state index contributed by atoms with van der Waals surface area (Å²) in [4.78, 5) is 25.5. The molecule has 0 heterocycles. The Labute approximate surface area is 145 Å². The van der Waals surface area contributed by atoms with Gasteiger partial charge in [-0.05, 0) is 40.3 Å². The summed E-state index contributed by atoms with van der Waals surface area (Å²) in [5, 5.41) is 0. The highest BCUT2D eigenvalue weighted by atomic mass is 16.1. The number of allylic oxidation sites excluding steroid dienone is 2. The van der Waals surface area contributed by atoms with Gasteiger partial charge in [0, 0.05) is 16.7 Å². The Bertz CT molecular complexity index is 1100. The van der Waals surface area contributed by atoms with Crippen LogP contribution in [0, 0.1) is 0 Å². The van der Waals surface area contributed by atoms with Gasteiger partial charge >= 0.3 is 0 Å². The van der Waals surface area contributed by atoms with E-state index in [0.29, 0.717) is 16.7 Å². The first-order valence-corrected chi connectivity index (χ1v) is 8.34. The van der Waals surface area contributed by atoms with Gasteiger partial charge in [-0.1, -0.05) is 66.7 Å². The van der Waals surface area contributed by atoms with Crippen molar-refractivity contribution in [3.8, 4) is 11.1 Å². The Morgan fingerprint density at radius 2 is 1.24 bits per heavy atom. The first-order valence-electron chi connectivity index (χ1n) is 8.34. The van der Waals surface area contributed by atoms with E-state index in [9.17, 15) is 9.59 Å². The minimum absolute atomic E-state index is 0.0699. The summed E-state index contributed by atoms with van der Waals surface area (Å²) in [5.74, 6) is -0.169. The molecule has 0 saturated heterocycles. The summed E-state index contributed by atoms with van der Waals surface area (Å²) in [6.45, 7) is 0. The SMILES string of the molecule is O=C1C=C(c2cccc3c2Cc2ccccc2-3)C(=O)c2ccccc21. The molecular formula is C23H14O2. The molecule has 3 aromatic carbocycles. The maximum Gasteiger partial charge on any atom is 0.194 e. The third-order valence-electron chi connectivity index (χ3n) is 5.10. The number of benzene rings is 3. The van der Waals surface area contributed by atoms with Crippen LogP contribution in [0.3, 0.4) is 0 Å². The monoisotopic (exact) mass is 322 g/mol. The first kappa shape index (κ1) is 14.1. The lowest BCUT2D eigenvalue weighted by atomic mass is 9.84. The second kappa shape index (κ2) is 5.12. The van der Waals surface area contributed by atoms with Gasteiger partial charge in [-0.15, -0.1) is 0 Å². The van der Waals surface area contributed by atoms with Gasteiger partial charge in [0.1, 0.15) is 0 Å². The second-order valence-electron chi connectivity index (χ2n) is 6.46. The number of Topliss-reactive ketones (excluding diaryl/α,β-unsaturated/α-hetero) is 1. The van der Waals surface area contributed by atoms with Gasteiger partial charge in [-0.25, -0.2) is 0 Å². The zero-order chi connectivity index (χ0) is 17.0. The fraction of sp³-hybridized carbons (Fsp3) is 0.0435. The van der Waals surface area contributed by atoms with E-state index in [0.717, 1.165) is 23.1 Å². The molecule has 0 bridgehead atoms. The fourth-order valence-electron chi connectivity index (χ4n) is 3.93. The Hall–Kier alpha value is -3.26. The van der Waals surface area contributed by atoms with E-state index in [1.165, 1.54) is 17.2 Å². The Morgan fingerprint density at radius 3 is 2.08 bits per heavy atom. The lowest BCUT2D eigenvalue weighted by molar-refractivity contribution is 0.100. The van der Waals surface area contributed by atoms with Crippen LogP contribution in [0.25, 0.3) is 16.7 Å². The molecule has 0 aliphatic heterocycles. The van der Waals surface area contributed by atoms with E-state index in [1.54, 1.807) is 24.3 Å². The van der Waals surface area contributed by atoms with Crippen molar-refractivity contribution in [3.63, 3.8) is 0 Å². The van der Waals surface area contributed by atoms with Crippen LogP contribution in [0.1, 0.15) is 37.4 Å². The van der Waals surface area contributed by atoms with Gasteiger partial charge in [-0.2, -0.15) is 0 Å². The van der Waals surface area contributed by atoms with Crippen molar-refractivity contribution >= 4 is 17.1 Å². The van der Waals surface area contributed by atoms with E-state index < -0.39 is 0 Å². The molecule has 0 fully saturated rings.